The molecular weight excluding hydrogens is 264 g/mol. The molecule has 1 aliphatic rings. The van der Waals surface area contributed by atoms with Crippen LogP contribution in [-0.4, -0.2) is 17.2 Å². The molecule has 1 aromatic carbocycles. The van der Waals surface area contributed by atoms with Crippen molar-refractivity contribution in [2.24, 2.45) is 0 Å². The van der Waals surface area contributed by atoms with Gasteiger partial charge in [0.05, 0.1) is 5.39 Å². The number of aromatic nitrogens is 1. The van der Waals surface area contributed by atoms with Crippen molar-refractivity contribution in [2.75, 3.05) is 0 Å². The topological polar surface area (TPSA) is 53.2 Å². The SMILES string of the molecule is Cc1cc(C(=O)NC2CCCCC2)[n+](O)c2ccccc12. The van der Waals surface area contributed by atoms with E-state index < -0.39 is 0 Å². The quantitative estimate of drug-likeness (QED) is 0.658. The maximum atomic E-state index is 12.4. The van der Waals surface area contributed by atoms with Crippen molar-refractivity contribution in [1.82, 2.24) is 5.32 Å². The van der Waals surface area contributed by atoms with Gasteiger partial charge in [-0.15, -0.1) is 0 Å². The third-order valence-corrected chi connectivity index (χ3v) is 4.31. The first kappa shape index (κ1) is 13.9. The zero-order chi connectivity index (χ0) is 14.8. The van der Waals surface area contributed by atoms with Crippen molar-refractivity contribution < 1.29 is 14.7 Å². The monoisotopic (exact) mass is 285 g/mol. The Bertz CT molecular complexity index is 676. The first-order valence-corrected chi connectivity index (χ1v) is 7.61. The number of nitrogens with one attached hydrogen (secondary N) is 1. The number of aryl methyl sites for hydroxylation is 1. The molecule has 0 unspecified atom stereocenters. The van der Waals surface area contributed by atoms with Crippen molar-refractivity contribution in [3.8, 4) is 0 Å². The van der Waals surface area contributed by atoms with Gasteiger partial charge >= 0.3 is 11.6 Å². The molecule has 0 radical (unpaired) electrons. The molecule has 2 N–H and O–H groups in total. The van der Waals surface area contributed by atoms with Crippen LogP contribution < -0.4 is 10.0 Å². The molecule has 1 amide bonds. The van der Waals surface area contributed by atoms with Crippen LogP contribution in [0.25, 0.3) is 10.9 Å². The minimum Gasteiger partial charge on any atom is -0.344 e. The maximum absolute atomic E-state index is 12.4. The van der Waals surface area contributed by atoms with E-state index >= 15 is 0 Å². The van der Waals surface area contributed by atoms with Crippen LogP contribution in [-0.2, 0) is 0 Å². The number of rotatable bonds is 2. The molecule has 2 aromatic rings. The number of fused-ring (bicyclic) bond motifs is 1. The number of carbonyl (C=O) groups is 1. The van der Waals surface area contributed by atoms with Crippen LogP contribution in [0.1, 0.15) is 48.2 Å². The second kappa shape index (κ2) is 5.72. The Morgan fingerprint density at radius 2 is 1.95 bits per heavy atom. The molecule has 1 aromatic heterocycles. The van der Waals surface area contributed by atoms with Gasteiger partial charge in [-0.2, -0.15) is 0 Å². The van der Waals surface area contributed by atoms with Gasteiger partial charge in [0.1, 0.15) is 0 Å². The molecule has 0 bridgehead atoms. The summed E-state index contributed by atoms with van der Waals surface area (Å²) < 4.78 is 1.00. The van der Waals surface area contributed by atoms with Crippen molar-refractivity contribution in [2.45, 2.75) is 45.1 Å². The number of pyridine rings is 1. The fourth-order valence-electron chi connectivity index (χ4n) is 3.13. The van der Waals surface area contributed by atoms with E-state index in [4.69, 9.17) is 0 Å². The second-order valence-corrected chi connectivity index (χ2v) is 5.85. The van der Waals surface area contributed by atoms with Crippen molar-refractivity contribution in [3.63, 3.8) is 0 Å². The highest BCUT2D eigenvalue weighted by Gasteiger charge is 2.26. The molecule has 110 valence electrons. The summed E-state index contributed by atoms with van der Waals surface area (Å²) in [5, 5.41) is 14.3. The molecule has 1 fully saturated rings. The lowest BCUT2D eigenvalue weighted by molar-refractivity contribution is -0.885. The summed E-state index contributed by atoms with van der Waals surface area (Å²) in [7, 11) is 0. The summed E-state index contributed by atoms with van der Waals surface area (Å²) >= 11 is 0. The normalized spacial score (nSPS) is 16.0. The number of hydrogen-bond donors (Lipinski definition) is 2. The Hall–Kier alpha value is -2.10. The van der Waals surface area contributed by atoms with Gasteiger partial charge in [0.15, 0.2) is 0 Å². The maximum Gasteiger partial charge on any atom is 0.322 e. The third kappa shape index (κ3) is 2.71. The van der Waals surface area contributed by atoms with E-state index in [1.54, 1.807) is 6.07 Å². The van der Waals surface area contributed by atoms with Crippen molar-refractivity contribution in [1.29, 1.82) is 0 Å². The second-order valence-electron chi connectivity index (χ2n) is 5.85. The highest BCUT2D eigenvalue weighted by molar-refractivity contribution is 5.93. The average molecular weight is 285 g/mol. The zero-order valence-corrected chi connectivity index (χ0v) is 12.3. The molecule has 1 aliphatic carbocycles. The summed E-state index contributed by atoms with van der Waals surface area (Å²) in [6.07, 6.45) is 5.65. The Kier molecular flexibility index (Phi) is 3.78. The van der Waals surface area contributed by atoms with Gasteiger partial charge in [0, 0.05) is 22.9 Å². The van der Waals surface area contributed by atoms with Crippen molar-refractivity contribution >= 4 is 16.8 Å². The fourth-order valence-corrected chi connectivity index (χ4v) is 3.13. The van der Waals surface area contributed by atoms with E-state index in [1.807, 2.05) is 31.2 Å². The van der Waals surface area contributed by atoms with Gasteiger partial charge < -0.3 is 5.32 Å². The molecule has 0 saturated heterocycles. The zero-order valence-electron chi connectivity index (χ0n) is 12.3. The van der Waals surface area contributed by atoms with Gasteiger partial charge in [0.2, 0.25) is 0 Å². The first-order chi connectivity index (χ1) is 10.2. The number of hydrogen-bond acceptors (Lipinski definition) is 2. The minimum absolute atomic E-state index is 0.196. The van der Waals surface area contributed by atoms with Crippen molar-refractivity contribution in [3.05, 3.63) is 41.6 Å². The summed E-state index contributed by atoms with van der Waals surface area (Å²) in [5.41, 5.74) is 1.95. The van der Waals surface area contributed by atoms with Gasteiger partial charge in [0.25, 0.3) is 5.52 Å². The predicted octanol–water partition coefficient (Wildman–Crippen LogP) is 2.74. The van der Waals surface area contributed by atoms with Gasteiger partial charge in [-0.1, -0.05) is 31.4 Å². The van der Waals surface area contributed by atoms with E-state index in [2.05, 4.69) is 5.32 Å². The lowest BCUT2D eigenvalue weighted by atomic mass is 9.95. The van der Waals surface area contributed by atoms with Crippen LogP contribution in [0.4, 0.5) is 0 Å². The molecule has 4 heteroatoms. The molecule has 0 aliphatic heterocycles. The highest BCUT2D eigenvalue weighted by atomic mass is 16.5. The van der Waals surface area contributed by atoms with E-state index in [0.717, 1.165) is 28.5 Å². The minimum atomic E-state index is -0.196. The number of amides is 1. The Balaban J connectivity index is 1.92. The van der Waals surface area contributed by atoms with E-state index in [-0.39, 0.29) is 11.9 Å². The fraction of sp³-hybridized carbons (Fsp3) is 0.412. The van der Waals surface area contributed by atoms with Crippen LogP contribution in [0.3, 0.4) is 0 Å². The van der Waals surface area contributed by atoms with Gasteiger partial charge in [-0.3, -0.25) is 10.0 Å². The predicted molar refractivity (Wildman–Crippen MR) is 80.4 cm³/mol. The lowest BCUT2D eigenvalue weighted by Crippen LogP contribution is -2.45. The largest absolute Gasteiger partial charge is 0.344 e. The molecule has 0 spiro atoms. The summed E-state index contributed by atoms with van der Waals surface area (Å²) in [5.74, 6) is -0.196. The van der Waals surface area contributed by atoms with E-state index in [9.17, 15) is 10.0 Å². The van der Waals surface area contributed by atoms with Crippen LogP contribution in [0, 0.1) is 6.92 Å². The molecule has 1 heterocycles. The standard InChI is InChI=1S/C17H20N2O2/c1-12-11-16(17(20)18-13-7-3-2-4-8-13)19(21)15-10-6-5-9-14(12)15/h5-6,9-11,13H,2-4,7-8H2,1H3,(H-,18,20,21)/p+1. The van der Waals surface area contributed by atoms with Crippen LogP contribution in [0.15, 0.2) is 30.3 Å². The Morgan fingerprint density at radius 3 is 2.71 bits per heavy atom. The molecular formula is C17H21N2O2+. The number of benzene rings is 1. The average Bonchev–Trinajstić information content (AvgIpc) is 2.52. The number of para-hydroxylation sites is 1. The molecule has 0 atom stereocenters. The van der Waals surface area contributed by atoms with Crippen LogP contribution in [0.2, 0.25) is 0 Å². The van der Waals surface area contributed by atoms with Gasteiger partial charge in [-0.05, 0) is 31.4 Å². The first-order valence-electron chi connectivity index (χ1n) is 7.61. The van der Waals surface area contributed by atoms with Crippen LogP contribution >= 0.6 is 0 Å². The Labute approximate surface area is 124 Å². The van der Waals surface area contributed by atoms with Crippen LogP contribution in [0.5, 0.6) is 0 Å². The summed E-state index contributed by atoms with van der Waals surface area (Å²) in [4.78, 5) is 12.4. The molecule has 21 heavy (non-hydrogen) atoms. The highest BCUT2D eigenvalue weighted by Crippen LogP contribution is 2.19. The molecule has 3 rings (SSSR count). The smallest absolute Gasteiger partial charge is 0.322 e. The molecule has 4 nitrogen and oxygen atoms in total. The summed E-state index contributed by atoms with van der Waals surface area (Å²) in [6.45, 7) is 1.96. The summed E-state index contributed by atoms with van der Waals surface area (Å²) in [6, 6.07) is 9.53. The van der Waals surface area contributed by atoms with E-state index in [1.165, 1.54) is 19.3 Å². The molecule has 1 saturated carbocycles. The van der Waals surface area contributed by atoms with E-state index in [0.29, 0.717) is 11.2 Å². The number of carbonyl (C=O) groups excluding carboxylic acids is 1. The number of nitrogens with zero attached hydrogens (tertiary/aromatic N) is 1. The third-order valence-electron chi connectivity index (χ3n) is 4.31. The Morgan fingerprint density at radius 1 is 1.24 bits per heavy atom. The van der Waals surface area contributed by atoms with Gasteiger partial charge in [-0.25, -0.2) is 0 Å². The lowest BCUT2D eigenvalue weighted by Gasteiger charge is -2.21.